The molecule has 3 aliphatic heterocycles. The van der Waals surface area contributed by atoms with Gasteiger partial charge >= 0.3 is 0 Å². The lowest BCUT2D eigenvalue weighted by Crippen LogP contribution is -2.51. The minimum Gasteiger partial charge on any atom is -0.491 e. The summed E-state index contributed by atoms with van der Waals surface area (Å²) in [7, 11) is 0. The Bertz CT molecular complexity index is 616. The Hall–Kier alpha value is -0.530. The number of ether oxygens (including phenoxy) is 4. The van der Waals surface area contributed by atoms with Crippen LogP contribution in [-0.2, 0) is 18.9 Å². The predicted octanol–water partition coefficient (Wildman–Crippen LogP) is 5.30. The maximum atomic E-state index is 5.96. The van der Waals surface area contributed by atoms with Crippen molar-refractivity contribution in [3.63, 3.8) is 0 Å². The molecule has 0 aromatic heterocycles. The zero-order valence-electron chi connectivity index (χ0n) is 20.4. The first-order chi connectivity index (χ1) is 16.3. The molecule has 4 unspecified atom stereocenters. The quantitative estimate of drug-likeness (QED) is 0.146. The highest BCUT2D eigenvalue weighted by atomic mass is 32.1. The summed E-state index contributed by atoms with van der Waals surface area (Å²) >= 11 is 4.30. The van der Waals surface area contributed by atoms with Gasteiger partial charge in [0.05, 0.1) is 32.0 Å². The molecule has 0 saturated carbocycles. The number of hydrogen-bond acceptors (Lipinski definition) is 6. The van der Waals surface area contributed by atoms with E-state index in [1.165, 1.54) is 70.6 Å². The van der Waals surface area contributed by atoms with E-state index >= 15 is 0 Å². The highest BCUT2D eigenvalue weighted by Gasteiger charge is 2.41. The van der Waals surface area contributed by atoms with Gasteiger partial charge < -0.3 is 18.9 Å². The van der Waals surface area contributed by atoms with E-state index in [2.05, 4.69) is 35.8 Å². The third-order valence-electron chi connectivity index (χ3n) is 7.35. The number of hydrogen-bond donors (Lipinski definition) is 1. The van der Waals surface area contributed by atoms with Crippen LogP contribution in [0.4, 0.5) is 0 Å². The van der Waals surface area contributed by atoms with Gasteiger partial charge in [-0.3, -0.25) is 4.90 Å². The molecule has 188 valence electrons. The van der Waals surface area contributed by atoms with Gasteiger partial charge in [-0.05, 0) is 37.2 Å². The van der Waals surface area contributed by atoms with Crippen LogP contribution in [0.15, 0.2) is 24.0 Å². The zero-order chi connectivity index (χ0) is 22.8. The number of allylic oxidation sites excluding steroid dienone is 1. The van der Waals surface area contributed by atoms with Crippen molar-refractivity contribution in [1.82, 2.24) is 4.90 Å². The molecule has 0 amide bonds. The molecule has 0 bridgehead atoms. The third kappa shape index (κ3) is 9.56. The Kier molecular flexibility index (Phi) is 10.5. The summed E-state index contributed by atoms with van der Waals surface area (Å²) in [6.45, 7) is 5.35. The van der Waals surface area contributed by atoms with E-state index in [1.807, 2.05) is 0 Å². The Morgan fingerprint density at radius 1 is 0.818 bits per heavy atom. The fourth-order valence-corrected chi connectivity index (χ4v) is 5.15. The lowest BCUT2D eigenvalue weighted by Gasteiger charge is -2.43. The zero-order valence-corrected chi connectivity index (χ0v) is 21.3. The minimum atomic E-state index is 0.0633. The van der Waals surface area contributed by atoms with Crippen molar-refractivity contribution in [2.24, 2.45) is 0 Å². The van der Waals surface area contributed by atoms with E-state index in [0.717, 1.165) is 50.8 Å². The van der Waals surface area contributed by atoms with Gasteiger partial charge in [-0.1, -0.05) is 63.9 Å². The van der Waals surface area contributed by atoms with Gasteiger partial charge in [0.25, 0.3) is 0 Å². The topological polar surface area (TPSA) is 50.1 Å². The van der Waals surface area contributed by atoms with Crippen molar-refractivity contribution in [2.75, 3.05) is 45.3 Å². The molecule has 0 radical (unpaired) electrons. The van der Waals surface area contributed by atoms with Gasteiger partial charge in [-0.25, -0.2) is 0 Å². The number of thiol groups is 1. The third-order valence-corrected chi connectivity index (χ3v) is 7.67. The summed E-state index contributed by atoms with van der Waals surface area (Å²) in [5.74, 6) is 2.04. The molecule has 5 nitrogen and oxygen atoms in total. The van der Waals surface area contributed by atoms with Gasteiger partial charge in [0.1, 0.15) is 18.5 Å². The van der Waals surface area contributed by atoms with Crippen molar-refractivity contribution >= 4 is 12.6 Å². The molecule has 1 aliphatic carbocycles. The normalized spacial score (nSPS) is 29.9. The van der Waals surface area contributed by atoms with E-state index in [9.17, 15) is 0 Å². The molecular weight excluding hydrogens is 434 g/mol. The molecule has 0 aromatic rings. The molecule has 0 N–H and O–H groups in total. The first-order valence-electron chi connectivity index (χ1n) is 13.5. The molecule has 0 aromatic carbocycles. The lowest BCUT2D eigenvalue weighted by atomic mass is 9.83. The fourth-order valence-electron chi connectivity index (χ4n) is 4.92. The second kappa shape index (κ2) is 13.5. The molecule has 4 aliphatic rings. The van der Waals surface area contributed by atoms with Crippen LogP contribution in [0.2, 0.25) is 0 Å². The molecule has 4 rings (SSSR count). The van der Waals surface area contributed by atoms with Gasteiger partial charge in [-0.2, -0.15) is 12.6 Å². The molecule has 4 atom stereocenters. The van der Waals surface area contributed by atoms with Crippen molar-refractivity contribution in [2.45, 2.75) is 101 Å². The molecule has 0 spiro atoms. The van der Waals surface area contributed by atoms with Crippen LogP contribution in [0.5, 0.6) is 0 Å². The number of epoxide rings is 3. The minimum absolute atomic E-state index is 0.0633. The predicted molar refractivity (Wildman–Crippen MR) is 136 cm³/mol. The average molecular weight is 480 g/mol. The molecule has 3 fully saturated rings. The highest BCUT2D eigenvalue weighted by Crippen LogP contribution is 2.36. The van der Waals surface area contributed by atoms with Crippen LogP contribution in [-0.4, -0.2) is 74.0 Å². The largest absolute Gasteiger partial charge is 0.491 e. The average Bonchev–Trinajstić information content (AvgIpc) is 3.68. The van der Waals surface area contributed by atoms with Gasteiger partial charge in [0.2, 0.25) is 0 Å². The highest BCUT2D eigenvalue weighted by molar-refractivity contribution is 7.80. The van der Waals surface area contributed by atoms with Crippen LogP contribution >= 0.6 is 12.6 Å². The Balaban J connectivity index is 1.20. The first kappa shape index (κ1) is 25.6. The van der Waals surface area contributed by atoms with Crippen molar-refractivity contribution in [3.8, 4) is 0 Å². The van der Waals surface area contributed by atoms with Crippen LogP contribution in [0.3, 0.4) is 0 Å². The molecule has 3 heterocycles. The van der Waals surface area contributed by atoms with Crippen molar-refractivity contribution in [3.05, 3.63) is 24.0 Å². The molecule has 33 heavy (non-hydrogen) atoms. The van der Waals surface area contributed by atoms with Crippen LogP contribution in [0.1, 0.15) is 77.0 Å². The van der Waals surface area contributed by atoms with Gasteiger partial charge in [0.15, 0.2) is 0 Å². The lowest BCUT2D eigenvalue weighted by molar-refractivity contribution is 0.0942. The van der Waals surface area contributed by atoms with Gasteiger partial charge in [-0.15, -0.1) is 0 Å². The summed E-state index contributed by atoms with van der Waals surface area (Å²) in [5, 5.41) is 0. The molecule has 6 heteroatoms. The second-order valence-electron chi connectivity index (χ2n) is 10.3. The maximum Gasteiger partial charge on any atom is 0.117 e. The van der Waals surface area contributed by atoms with Crippen molar-refractivity contribution in [1.29, 1.82) is 0 Å². The summed E-state index contributed by atoms with van der Waals surface area (Å²) in [5.41, 5.74) is 0.0633. The van der Waals surface area contributed by atoms with Crippen LogP contribution in [0, 0.1) is 0 Å². The summed E-state index contributed by atoms with van der Waals surface area (Å²) in [6, 6.07) is 0. The maximum absolute atomic E-state index is 5.96. The van der Waals surface area contributed by atoms with E-state index < -0.39 is 0 Å². The smallest absolute Gasteiger partial charge is 0.117 e. The Labute approximate surface area is 206 Å². The van der Waals surface area contributed by atoms with Crippen LogP contribution in [0.25, 0.3) is 0 Å². The number of unbranched alkanes of at least 4 members (excludes halogenated alkanes) is 9. The number of nitrogens with zero attached hydrogens (tertiary/aromatic N) is 1. The Morgan fingerprint density at radius 2 is 1.36 bits per heavy atom. The van der Waals surface area contributed by atoms with E-state index in [4.69, 9.17) is 18.9 Å². The summed E-state index contributed by atoms with van der Waals surface area (Å²) < 4.78 is 22.5. The Morgan fingerprint density at radius 3 is 1.85 bits per heavy atom. The monoisotopic (exact) mass is 479 g/mol. The van der Waals surface area contributed by atoms with Crippen LogP contribution < -0.4 is 0 Å². The summed E-state index contributed by atoms with van der Waals surface area (Å²) in [6.07, 6.45) is 23.8. The van der Waals surface area contributed by atoms with Crippen molar-refractivity contribution < 1.29 is 18.9 Å². The standard InChI is InChI=1S/C27H45NO4S/c33-16-10-8-6-4-2-1-3-5-7-9-13-27(28(17-24-19-30-24)18-25-20-31-25)14-11-23(12-15-27)29-21-26-22-32-26/h11-12,14,24-26,33H,1-10,13,15-22H2. The first-order valence-corrected chi connectivity index (χ1v) is 14.1. The van der Waals surface area contributed by atoms with E-state index in [-0.39, 0.29) is 5.54 Å². The molecule has 3 saturated heterocycles. The fraction of sp³-hybridized carbons (Fsp3) is 0.852. The SMILES string of the molecule is SCCCCCCCCCCCCC1(N(CC2CO2)CC2CO2)C=CC(OCC2CO2)=CC1. The van der Waals surface area contributed by atoms with E-state index in [1.54, 1.807) is 0 Å². The van der Waals surface area contributed by atoms with E-state index in [0.29, 0.717) is 24.9 Å². The summed E-state index contributed by atoms with van der Waals surface area (Å²) in [4.78, 5) is 2.65. The number of rotatable bonds is 20. The molecular formula is C27H45NO4S. The van der Waals surface area contributed by atoms with Gasteiger partial charge in [0, 0.05) is 18.6 Å². The second-order valence-corrected chi connectivity index (χ2v) is 10.8.